The Morgan fingerprint density at radius 2 is 2.23 bits per heavy atom. The van der Waals surface area contributed by atoms with Crippen molar-refractivity contribution in [1.82, 2.24) is 10.2 Å². The Labute approximate surface area is 131 Å². The van der Waals surface area contributed by atoms with E-state index in [1.807, 2.05) is 6.07 Å². The highest BCUT2D eigenvalue weighted by Crippen LogP contribution is 2.14. The van der Waals surface area contributed by atoms with Crippen LogP contribution in [0.5, 0.6) is 5.75 Å². The van der Waals surface area contributed by atoms with Gasteiger partial charge in [-0.05, 0) is 50.6 Å². The topological polar surface area (TPSA) is 65.4 Å². The minimum absolute atomic E-state index is 0.0225. The van der Waals surface area contributed by atoms with Gasteiger partial charge in [0.05, 0.1) is 11.6 Å². The minimum Gasteiger partial charge on any atom is -0.484 e. The van der Waals surface area contributed by atoms with Crippen molar-refractivity contribution in [3.05, 3.63) is 29.8 Å². The number of amides is 1. The molecule has 1 heterocycles. The number of nitriles is 1. The van der Waals surface area contributed by atoms with Crippen LogP contribution in [0.2, 0.25) is 0 Å². The minimum atomic E-state index is -0.125. The molecular weight excluding hydrogens is 278 g/mol. The molecule has 1 aliphatic heterocycles. The Morgan fingerprint density at radius 3 is 2.91 bits per heavy atom. The molecule has 22 heavy (non-hydrogen) atoms. The molecule has 1 N–H and O–H groups in total. The molecule has 5 nitrogen and oxygen atoms in total. The predicted octanol–water partition coefficient (Wildman–Crippen LogP) is 1.93. The van der Waals surface area contributed by atoms with E-state index in [0.29, 0.717) is 23.9 Å². The number of benzene rings is 1. The van der Waals surface area contributed by atoms with Crippen LogP contribution in [0.4, 0.5) is 0 Å². The van der Waals surface area contributed by atoms with E-state index in [1.165, 1.54) is 12.8 Å². The SMILES string of the molecule is CC[C@@H](CNC(=O)COc1cccc(C#N)c1)N1CCCC1. The maximum absolute atomic E-state index is 11.9. The zero-order valence-electron chi connectivity index (χ0n) is 13.0. The Bertz CT molecular complexity index is 533. The normalized spacial score (nSPS) is 16.0. The molecule has 0 radical (unpaired) electrons. The number of carbonyl (C=O) groups is 1. The van der Waals surface area contributed by atoms with Gasteiger partial charge in [0, 0.05) is 12.6 Å². The molecule has 0 aliphatic carbocycles. The van der Waals surface area contributed by atoms with Crippen LogP contribution in [0.25, 0.3) is 0 Å². The molecule has 0 saturated carbocycles. The summed E-state index contributed by atoms with van der Waals surface area (Å²) in [4.78, 5) is 14.3. The summed E-state index contributed by atoms with van der Waals surface area (Å²) < 4.78 is 5.42. The first-order valence-corrected chi connectivity index (χ1v) is 7.86. The van der Waals surface area contributed by atoms with Gasteiger partial charge in [-0.15, -0.1) is 0 Å². The molecule has 1 saturated heterocycles. The first-order chi connectivity index (χ1) is 10.7. The van der Waals surface area contributed by atoms with Gasteiger partial charge < -0.3 is 10.1 Å². The second-order valence-electron chi connectivity index (χ2n) is 5.54. The summed E-state index contributed by atoms with van der Waals surface area (Å²) in [6.45, 7) is 5.05. The molecule has 5 heteroatoms. The average Bonchev–Trinajstić information content (AvgIpc) is 3.08. The number of nitrogens with one attached hydrogen (secondary N) is 1. The van der Waals surface area contributed by atoms with Gasteiger partial charge in [0.2, 0.25) is 0 Å². The van der Waals surface area contributed by atoms with Gasteiger partial charge in [-0.25, -0.2) is 0 Å². The second kappa shape index (κ2) is 8.40. The lowest BCUT2D eigenvalue weighted by atomic mass is 10.2. The van der Waals surface area contributed by atoms with Crippen LogP contribution in [-0.4, -0.2) is 43.1 Å². The highest BCUT2D eigenvalue weighted by Gasteiger charge is 2.20. The van der Waals surface area contributed by atoms with Gasteiger partial charge in [-0.3, -0.25) is 9.69 Å². The summed E-state index contributed by atoms with van der Waals surface area (Å²) >= 11 is 0. The highest BCUT2D eigenvalue weighted by molar-refractivity contribution is 5.77. The Balaban J connectivity index is 1.74. The second-order valence-corrected chi connectivity index (χ2v) is 5.54. The van der Waals surface area contributed by atoms with Crippen LogP contribution in [0.1, 0.15) is 31.7 Å². The van der Waals surface area contributed by atoms with Gasteiger partial charge in [-0.2, -0.15) is 5.26 Å². The molecule has 1 aromatic rings. The summed E-state index contributed by atoms with van der Waals surface area (Å²) in [5.74, 6) is 0.417. The first kappa shape index (κ1) is 16.3. The van der Waals surface area contributed by atoms with Gasteiger partial charge >= 0.3 is 0 Å². The van der Waals surface area contributed by atoms with Crippen molar-refractivity contribution in [2.75, 3.05) is 26.2 Å². The van der Waals surface area contributed by atoms with Crippen molar-refractivity contribution in [1.29, 1.82) is 5.26 Å². The van der Waals surface area contributed by atoms with Crippen molar-refractivity contribution in [3.8, 4) is 11.8 Å². The monoisotopic (exact) mass is 301 g/mol. The van der Waals surface area contributed by atoms with E-state index < -0.39 is 0 Å². The lowest BCUT2D eigenvalue weighted by Gasteiger charge is -2.26. The molecule has 0 aromatic heterocycles. The average molecular weight is 301 g/mol. The Kier molecular flexibility index (Phi) is 6.23. The molecule has 1 atom stereocenters. The third kappa shape index (κ3) is 4.74. The largest absolute Gasteiger partial charge is 0.484 e. The fraction of sp³-hybridized carbons (Fsp3) is 0.529. The number of nitrogens with zero attached hydrogens (tertiary/aromatic N) is 2. The van der Waals surface area contributed by atoms with Crippen LogP contribution in [0, 0.1) is 11.3 Å². The summed E-state index contributed by atoms with van der Waals surface area (Å²) in [5, 5.41) is 11.8. The summed E-state index contributed by atoms with van der Waals surface area (Å²) in [7, 11) is 0. The summed E-state index contributed by atoms with van der Waals surface area (Å²) in [6, 6.07) is 9.28. The third-order valence-electron chi connectivity index (χ3n) is 4.00. The quantitative estimate of drug-likeness (QED) is 0.835. The van der Waals surface area contributed by atoms with E-state index >= 15 is 0 Å². The first-order valence-electron chi connectivity index (χ1n) is 7.86. The van der Waals surface area contributed by atoms with Crippen LogP contribution in [0.15, 0.2) is 24.3 Å². The molecule has 1 amide bonds. The molecule has 1 fully saturated rings. The van der Waals surface area contributed by atoms with Crippen molar-refractivity contribution in [3.63, 3.8) is 0 Å². The fourth-order valence-corrected chi connectivity index (χ4v) is 2.73. The molecule has 118 valence electrons. The van der Waals surface area contributed by atoms with Crippen LogP contribution >= 0.6 is 0 Å². The standard InChI is InChI=1S/C17H23N3O2/c1-2-15(20-8-3-4-9-20)12-19-17(21)13-22-16-7-5-6-14(10-16)11-18/h5-7,10,15H,2-4,8-9,12-13H2,1H3,(H,19,21)/t15-/m0/s1. The maximum Gasteiger partial charge on any atom is 0.257 e. The number of rotatable bonds is 7. The summed E-state index contributed by atoms with van der Waals surface area (Å²) in [6.07, 6.45) is 3.54. The summed E-state index contributed by atoms with van der Waals surface area (Å²) in [5.41, 5.74) is 0.526. The van der Waals surface area contributed by atoms with E-state index in [-0.39, 0.29) is 12.5 Å². The lowest BCUT2D eigenvalue weighted by molar-refractivity contribution is -0.123. The highest BCUT2D eigenvalue weighted by atomic mass is 16.5. The lowest BCUT2D eigenvalue weighted by Crippen LogP contribution is -2.43. The number of likely N-dealkylation sites (tertiary alicyclic amines) is 1. The van der Waals surface area contributed by atoms with Crippen molar-refractivity contribution < 1.29 is 9.53 Å². The van der Waals surface area contributed by atoms with E-state index in [0.717, 1.165) is 19.5 Å². The number of hydrogen-bond donors (Lipinski definition) is 1. The van der Waals surface area contributed by atoms with Crippen LogP contribution in [0.3, 0.4) is 0 Å². The number of ether oxygens (including phenoxy) is 1. The zero-order chi connectivity index (χ0) is 15.8. The van der Waals surface area contributed by atoms with Crippen LogP contribution in [-0.2, 0) is 4.79 Å². The van der Waals surface area contributed by atoms with E-state index in [1.54, 1.807) is 24.3 Å². The molecular formula is C17H23N3O2. The molecule has 2 rings (SSSR count). The smallest absolute Gasteiger partial charge is 0.257 e. The molecule has 0 spiro atoms. The van der Waals surface area contributed by atoms with Gasteiger partial charge in [-0.1, -0.05) is 13.0 Å². The van der Waals surface area contributed by atoms with Crippen LogP contribution < -0.4 is 10.1 Å². The molecule has 1 aromatic carbocycles. The molecule has 1 aliphatic rings. The Hall–Kier alpha value is -2.06. The van der Waals surface area contributed by atoms with Gasteiger partial charge in [0.15, 0.2) is 6.61 Å². The van der Waals surface area contributed by atoms with Crippen molar-refractivity contribution >= 4 is 5.91 Å². The number of carbonyl (C=O) groups excluding carboxylic acids is 1. The van der Waals surface area contributed by atoms with Gasteiger partial charge in [0.25, 0.3) is 5.91 Å². The predicted molar refractivity (Wildman–Crippen MR) is 84.5 cm³/mol. The van der Waals surface area contributed by atoms with E-state index in [4.69, 9.17) is 10.00 Å². The van der Waals surface area contributed by atoms with Crippen molar-refractivity contribution in [2.45, 2.75) is 32.2 Å². The zero-order valence-corrected chi connectivity index (χ0v) is 13.0. The number of hydrogen-bond acceptors (Lipinski definition) is 4. The van der Waals surface area contributed by atoms with E-state index in [9.17, 15) is 4.79 Å². The Morgan fingerprint density at radius 1 is 1.45 bits per heavy atom. The molecule has 0 unspecified atom stereocenters. The third-order valence-corrected chi connectivity index (χ3v) is 4.00. The van der Waals surface area contributed by atoms with Gasteiger partial charge in [0.1, 0.15) is 5.75 Å². The fourth-order valence-electron chi connectivity index (χ4n) is 2.73. The molecule has 0 bridgehead atoms. The van der Waals surface area contributed by atoms with E-state index in [2.05, 4.69) is 17.1 Å². The van der Waals surface area contributed by atoms with Crippen molar-refractivity contribution in [2.24, 2.45) is 0 Å². The maximum atomic E-state index is 11.9.